The Labute approximate surface area is 176 Å². The topological polar surface area (TPSA) is 76.8 Å². The molecule has 0 fully saturated rings. The van der Waals surface area contributed by atoms with E-state index in [1.807, 2.05) is 48.5 Å². The van der Waals surface area contributed by atoms with Crippen molar-refractivity contribution in [1.82, 2.24) is 0 Å². The molecule has 0 atom stereocenters. The van der Waals surface area contributed by atoms with Crippen LogP contribution in [0.4, 0.5) is 22.7 Å². The molecule has 0 amide bonds. The SMILES string of the molecule is Nc1ccc(Cc2ccc(/N=N/c3ccc(Cc4ccc(N)cc4)cc3)cc2)cc1. The number of nitrogen functional groups attached to an aromatic ring is 2. The summed E-state index contributed by atoms with van der Waals surface area (Å²) in [4.78, 5) is 0. The number of hydrogen-bond donors (Lipinski definition) is 2. The maximum absolute atomic E-state index is 5.74. The van der Waals surface area contributed by atoms with E-state index in [-0.39, 0.29) is 0 Å². The van der Waals surface area contributed by atoms with Gasteiger partial charge in [-0.1, -0.05) is 48.5 Å². The first-order valence-corrected chi connectivity index (χ1v) is 9.92. The molecule has 4 nitrogen and oxygen atoms in total. The molecule has 4 aromatic rings. The number of azo groups is 1. The highest BCUT2D eigenvalue weighted by Crippen LogP contribution is 2.21. The molecule has 4 rings (SSSR count). The van der Waals surface area contributed by atoms with Gasteiger partial charge in [0.2, 0.25) is 0 Å². The highest BCUT2D eigenvalue weighted by atomic mass is 15.1. The Hall–Kier alpha value is -3.92. The number of hydrogen-bond acceptors (Lipinski definition) is 4. The largest absolute Gasteiger partial charge is 0.399 e. The van der Waals surface area contributed by atoms with Crippen LogP contribution < -0.4 is 11.5 Å². The van der Waals surface area contributed by atoms with Crippen LogP contribution in [0.1, 0.15) is 22.3 Å². The minimum Gasteiger partial charge on any atom is -0.399 e. The number of benzene rings is 4. The summed E-state index contributed by atoms with van der Waals surface area (Å²) in [5, 5.41) is 8.71. The Morgan fingerprint density at radius 3 is 0.967 bits per heavy atom. The maximum atomic E-state index is 5.74. The van der Waals surface area contributed by atoms with Crippen molar-refractivity contribution in [2.45, 2.75) is 12.8 Å². The zero-order valence-corrected chi connectivity index (χ0v) is 16.7. The van der Waals surface area contributed by atoms with E-state index in [9.17, 15) is 0 Å². The Morgan fingerprint density at radius 2 is 0.667 bits per heavy atom. The number of nitrogens with two attached hydrogens (primary N) is 2. The summed E-state index contributed by atoms with van der Waals surface area (Å²) in [6.07, 6.45) is 1.74. The van der Waals surface area contributed by atoms with Gasteiger partial charge in [0.15, 0.2) is 0 Å². The van der Waals surface area contributed by atoms with Gasteiger partial charge in [-0.05, 0) is 83.6 Å². The third-order valence-electron chi connectivity index (χ3n) is 4.93. The molecule has 30 heavy (non-hydrogen) atoms. The average Bonchev–Trinajstić information content (AvgIpc) is 2.77. The van der Waals surface area contributed by atoms with Gasteiger partial charge in [-0.25, -0.2) is 0 Å². The summed E-state index contributed by atoms with van der Waals surface area (Å²) >= 11 is 0. The Bertz CT molecular complexity index is 1020. The molecule has 0 aliphatic rings. The van der Waals surface area contributed by atoms with Gasteiger partial charge < -0.3 is 11.5 Å². The molecule has 0 aliphatic heterocycles. The minimum absolute atomic E-state index is 0.785. The molecule has 0 unspecified atom stereocenters. The summed E-state index contributed by atoms with van der Waals surface area (Å²) in [5.41, 5.74) is 19.6. The van der Waals surface area contributed by atoms with E-state index in [0.29, 0.717) is 0 Å². The summed E-state index contributed by atoms with van der Waals surface area (Å²) in [6, 6.07) is 32.2. The van der Waals surface area contributed by atoms with Crippen LogP contribution in [-0.4, -0.2) is 0 Å². The first kappa shape index (κ1) is 19.4. The van der Waals surface area contributed by atoms with Crippen molar-refractivity contribution >= 4 is 22.7 Å². The van der Waals surface area contributed by atoms with Gasteiger partial charge in [-0.15, -0.1) is 0 Å². The van der Waals surface area contributed by atoms with Crippen LogP contribution in [0.25, 0.3) is 0 Å². The molecule has 0 saturated heterocycles. The molecule has 0 heterocycles. The second kappa shape index (κ2) is 9.05. The zero-order chi connectivity index (χ0) is 20.8. The highest BCUT2D eigenvalue weighted by molar-refractivity contribution is 5.45. The van der Waals surface area contributed by atoms with Crippen molar-refractivity contribution in [2.24, 2.45) is 10.2 Å². The minimum atomic E-state index is 0.785. The lowest BCUT2D eigenvalue weighted by atomic mass is 10.0. The van der Waals surface area contributed by atoms with Crippen molar-refractivity contribution in [3.63, 3.8) is 0 Å². The van der Waals surface area contributed by atoms with Crippen LogP contribution >= 0.6 is 0 Å². The molecule has 0 spiro atoms. The maximum Gasteiger partial charge on any atom is 0.0857 e. The van der Waals surface area contributed by atoms with E-state index in [0.717, 1.165) is 35.6 Å². The van der Waals surface area contributed by atoms with Crippen molar-refractivity contribution in [1.29, 1.82) is 0 Å². The molecule has 0 bridgehead atoms. The smallest absolute Gasteiger partial charge is 0.0857 e. The van der Waals surface area contributed by atoms with Gasteiger partial charge in [-0.3, -0.25) is 0 Å². The van der Waals surface area contributed by atoms with Crippen LogP contribution in [0.3, 0.4) is 0 Å². The van der Waals surface area contributed by atoms with E-state index in [1.54, 1.807) is 0 Å². The number of nitrogens with zero attached hydrogens (tertiary/aromatic N) is 2. The van der Waals surface area contributed by atoms with Crippen LogP contribution in [-0.2, 0) is 12.8 Å². The van der Waals surface area contributed by atoms with Gasteiger partial charge >= 0.3 is 0 Å². The standard InChI is InChI=1S/C26H24N4/c27-23-9-1-19(2-10-23)17-21-5-13-25(14-6-21)29-30-26-15-7-22(8-16-26)18-20-3-11-24(28)12-4-20/h1-16H,17-18,27-28H2/b30-29+. The molecule has 148 valence electrons. The lowest BCUT2D eigenvalue weighted by Crippen LogP contribution is -1.89. The quantitative estimate of drug-likeness (QED) is 0.292. The highest BCUT2D eigenvalue weighted by Gasteiger charge is 1.99. The molecule has 4 aromatic carbocycles. The third-order valence-corrected chi connectivity index (χ3v) is 4.93. The second-order valence-electron chi connectivity index (χ2n) is 7.37. The van der Waals surface area contributed by atoms with E-state index >= 15 is 0 Å². The molecular weight excluding hydrogens is 368 g/mol. The Morgan fingerprint density at radius 1 is 0.400 bits per heavy atom. The van der Waals surface area contributed by atoms with Crippen LogP contribution in [0.15, 0.2) is 107 Å². The first-order chi connectivity index (χ1) is 14.6. The molecule has 0 saturated carbocycles. The van der Waals surface area contributed by atoms with Crippen molar-refractivity contribution in [3.8, 4) is 0 Å². The van der Waals surface area contributed by atoms with Gasteiger partial charge in [-0.2, -0.15) is 10.2 Å². The summed E-state index contributed by atoms with van der Waals surface area (Å²) in [5.74, 6) is 0. The van der Waals surface area contributed by atoms with Gasteiger partial charge in [0.25, 0.3) is 0 Å². The molecule has 4 heteroatoms. The fraction of sp³-hybridized carbons (Fsp3) is 0.0769. The summed E-state index contributed by atoms with van der Waals surface area (Å²) < 4.78 is 0. The van der Waals surface area contributed by atoms with Gasteiger partial charge in [0.1, 0.15) is 0 Å². The molecule has 0 radical (unpaired) electrons. The monoisotopic (exact) mass is 392 g/mol. The molecule has 4 N–H and O–H groups in total. The fourth-order valence-corrected chi connectivity index (χ4v) is 3.22. The van der Waals surface area contributed by atoms with Gasteiger partial charge in [0.05, 0.1) is 11.4 Å². The lowest BCUT2D eigenvalue weighted by Gasteiger charge is -2.04. The number of anilines is 2. The van der Waals surface area contributed by atoms with E-state index < -0.39 is 0 Å². The molecule has 0 aromatic heterocycles. The Kier molecular flexibility index (Phi) is 5.85. The Balaban J connectivity index is 1.36. The van der Waals surface area contributed by atoms with Crippen molar-refractivity contribution in [3.05, 3.63) is 119 Å². The van der Waals surface area contributed by atoms with Crippen LogP contribution in [0.2, 0.25) is 0 Å². The predicted octanol–water partition coefficient (Wildman–Crippen LogP) is 6.45. The normalized spacial score (nSPS) is 11.1. The van der Waals surface area contributed by atoms with Crippen LogP contribution in [0, 0.1) is 0 Å². The van der Waals surface area contributed by atoms with Crippen molar-refractivity contribution in [2.75, 3.05) is 11.5 Å². The first-order valence-electron chi connectivity index (χ1n) is 9.92. The predicted molar refractivity (Wildman–Crippen MR) is 124 cm³/mol. The second-order valence-corrected chi connectivity index (χ2v) is 7.37. The molecular formula is C26H24N4. The average molecular weight is 393 g/mol. The van der Waals surface area contributed by atoms with E-state index in [1.165, 1.54) is 22.3 Å². The lowest BCUT2D eigenvalue weighted by molar-refractivity contribution is 1.17. The summed E-state index contributed by atoms with van der Waals surface area (Å²) in [7, 11) is 0. The molecule has 0 aliphatic carbocycles. The fourth-order valence-electron chi connectivity index (χ4n) is 3.22. The van der Waals surface area contributed by atoms with Crippen molar-refractivity contribution < 1.29 is 0 Å². The zero-order valence-electron chi connectivity index (χ0n) is 16.7. The van der Waals surface area contributed by atoms with E-state index in [2.05, 4.69) is 58.8 Å². The summed E-state index contributed by atoms with van der Waals surface area (Å²) in [6.45, 7) is 0. The van der Waals surface area contributed by atoms with Crippen LogP contribution in [0.5, 0.6) is 0 Å². The van der Waals surface area contributed by atoms with E-state index in [4.69, 9.17) is 11.5 Å². The van der Waals surface area contributed by atoms with Gasteiger partial charge in [0, 0.05) is 11.4 Å². The number of rotatable bonds is 6. The third kappa shape index (κ3) is 5.32.